The van der Waals surface area contributed by atoms with E-state index in [0.29, 0.717) is 18.5 Å². The van der Waals surface area contributed by atoms with Crippen LogP contribution in [0, 0.1) is 5.41 Å². The Kier molecular flexibility index (Phi) is 5.27. The van der Waals surface area contributed by atoms with E-state index < -0.39 is 0 Å². The molecule has 0 saturated carbocycles. The van der Waals surface area contributed by atoms with E-state index in [9.17, 15) is 4.79 Å². The lowest BCUT2D eigenvalue weighted by Gasteiger charge is -2.02. The molecular formula is C9H15N3O. The molecule has 0 atom stereocenters. The summed E-state index contributed by atoms with van der Waals surface area (Å²) in [6.45, 7) is 4.16. The maximum absolute atomic E-state index is 9.98. The first-order valence-corrected chi connectivity index (χ1v) is 3.96. The van der Waals surface area contributed by atoms with Gasteiger partial charge >= 0.3 is 0 Å². The number of allylic oxidation sites excluding steroid dienone is 1. The summed E-state index contributed by atoms with van der Waals surface area (Å²) in [5.74, 6) is 0.0351. The molecule has 0 spiro atoms. The van der Waals surface area contributed by atoms with Gasteiger partial charge in [-0.2, -0.15) is 0 Å². The van der Waals surface area contributed by atoms with E-state index in [1.54, 1.807) is 12.2 Å². The molecule has 4 nitrogen and oxygen atoms in total. The van der Waals surface area contributed by atoms with Crippen molar-refractivity contribution in [2.75, 3.05) is 6.54 Å². The smallest absolute Gasteiger partial charge is 0.207 e. The van der Waals surface area contributed by atoms with Crippen LogP contribution in [-0.4, -0.2) is 18.8 Å². The second kappa shape index (κ2) is 5.99. The van der Waals surface area contributed by atoms with Gasteiger partial charge in [-0.05, 0) is 13.8 Å². The summed E-state index contributed by atoms with van der Waals surface area (Å²) in [6, 6.07) is 0. The average Bonchev–Trinajstić information content (AvgIpc) is 2.10. The summed E-state index contributed by atoms with van der Waals surface area (Å²) in [5, 5.41) is 9.73. The lowest BCUT2D eigenvalue weighted by Crippen LogP contribution is -2.15. The highest BCUT2D eigenvalue weighted by atomic mass is 16.1. The number of carbonyl (C=O) groups is 1. The molecule has 0 bridgehead atoms. The van der Waals surface area contributed by atoms with Crippen molar-refractivity contribution in [1.82, 2.24) is 5.32 Å². The van der Waals surface area contributed by atoms with Crippen LogP contribution in [0.15, 0.2) is 23.3 Å². The Hall–Kier alpha value is -1.58. The van der Waals surface area contributed by atoms with Gasteiger partial charge in [-0.1, -0.05) is 17.7 Å². The number of rotatable bonds is 5. The first-order valence-electron chi connectivity index (χ1n) is 3.96. The minimum absolute atomic E-state index is 0.0351. The van der Waals surface area contributed by atoms with Gasteiger partial charge in [0.05, 0.1) is 0 Å². The van der Waals surface area contributed by atoms with Gasteiger partial charge in [0.1, 0.15) is 5.84 Å². The van der Waals surface area contributed by atoms with Gasteiger partial charge in [0, 0.05) is 12.1 Å². The van der Waals surface area contributed by atoms with Crippen LogP contribution < -0.4 is 11.1 Å². The van der Waals surface area contributed by atoms with Crippen LogP contribution in [-0.2, 0) is 4.79 Å². The van der Waals surface area contributed by atoms with Crippen molar-refractivity contribution >= 4 is 12.2 Å². The molecule has 0 aliphatic heterocycles. The van der Waals surface area contributed by atoms with Gasteiger partial charge in [0.15, 0.2) is 0 Å². The van der Waals surface area contributed by atoms with Crippen molar-refractivity contribution in [3.05, 3.63) is 23.3 Å². The number of hydrogen-bond donors (Lipinski definition) is 3. The number of hydrogen-bond acceptors (Lipinski definition) is 2. The van der Waals surface area contributed by atoms with Crippen molar-refractivity contribution in [2.24, 2.45) is 5.73 Å². The van der Waals surface area contributed by atoms with Gasteiger partial charge < -0.3 is 11.1 Å². The molecule has 0 aliphatic carbocycles. The van der Waals surface area contributed by atoms with Gasteiger partial charge in [0.25, 0.3) is 0 Å². The molecule has 4 heteroatoms. The van der Waals surface area contributed by atoms with Crippen LogP contribution in [0.3, 0.4) is 0 Å². The Bertz CT molecular complexity index is 254. The lowest BCUT2D eigenvalue weighted by atomic mass is 10.1. The van der Waals surface area contributed by atoms with Gasteiger partial charge in [-0.3, -0.25) is 10.2 Å². The molecular weight excluding hydrogens is 166 g/mol. The predicted octanol–water partition coefficient (Wildman–Crippen LogP) is 0.561. The van der Waals surface area contributed by atoms with Crippen LogP contribution >= 0.6 is 0 Å². The maximum atomic E-state index is 9.98. The number of amidine groups is 1. The van der Waals surface area contributed by atoms with Gasteiger partial charge in [-0.15, -0.1) is 0 Å². The van der Waals surface area contributed by atoms with E-state index >= 15 is 0 Å². The third-order valence-electron chi connectivity index (χ3n) is 1.49. The predicted molar refractivity (Wildman–Crippen MR) is 53.5 cm³/mol. The molecule has 0 heterocycles. The monoisotopic (exact) mass is 181 g/mol. The first-order chi connectivity index (χ1) is 6.11. The number of amides is 1. The number of nitrogens with two attached hydrogens (primary N) is 1. The third-order valence-corrected chi connectivity index (χ3v) is 1.49. The molecule has 0 rings (SSSR count). The van der Waals surface area contributed by atoms with E-state index in [-0.39, 0.29) is 5.84 Å². The zero-order chi connectivity index (χ0) is 10.3. The normalized spacial score (nSPS) is 12.5. The fourth-order valence-electron chi connectivity index (χ4n) is 0.836. The molecule has 0 aromatic rings. The molecule has 0 unspecified atom stereocenters. The molecule has 0 aromatic heterocycles. The summed E-state index contributed by atoms with van der Waals surface area (Å²) in [4.78, 5) is 9.98. The van der Waals surface area contributed by atoms with Crippen LogP contribution in [0.25, 0.3) is 0 Å². The highest BCUT2D eigenvalue weighted by molar-refractivity contribution is 5.97. The average molecular weight is 181 g/mol. The standard InChI is InChI=1S/C9H15N3O/c1-3-8(9(10)11)4-7(2)5-12-6-13/h3-4,6H,5H2,1-2H3,(H3,10,11)(H,12,13)/b7-4+,8-3+. The molecule has 72 valence electrons. The zero-order valence-corrected chi connectivity index (χ0v) is 7.92. The molecule has 4 N–H and O–H groups in total. The van der Waals surface area contributed by atoms with E-state index in [1.165, 1.54) is 0 Å². The minimum atomic E-state index is 0.0351. The maximum Gasteiger partial charge on any atom is 0.207 e. The Labute approximate surface area is 78.0 Å². The van der Waals surface area contributed by atoms with Crippen LogP contribution in [0.1, 0.15) is 13.8 Å². The molecule has 0 fully saturated rings. The second-order valence-electron chi connectivity index (χ2n) is 2.65. The van der Waals surface area contributed by atoms with E-state index in [4.69, 9.17) is 11.1 Å². The molecule has 1 amide bonds. The number of carbonyl (C=O) groups excluding carboxylic acids is 1. The summed E-state index contributed by atoms with van der Waals surface area (Å²) >= 11 is 0. The molecule has 0 radical (unpaired) electrons. The van der Waals surface area contributed by atoms with Crippen LogP contribution in [0.5, 0.6) is 0 Å². The lowest BCUT2D eigenvalue weighted by molar-refractivity contribution is -0.109. The summed E-state index contributed by atoms with van der Waals surface area (Å²) in [7, 11) is 0. The van der Waals surface area contributed by atoms with Gasteiger partial charge in [0.2, 0.25) is 6.41 Å². The quantitative estimate of drug-likeness (QED) is 0.251. The first kappa shape index (κ1) is 11.4. The SMILES string of the molecule is C/C=C(\C=C(/C)CNC=O)C(=N)N. The Morgan fingerprint density at radius 1 is 1.62 bits per heavy atom. The van der Waals surface area contributed by atoms with Crippen molar-refractivity contribution in [3.63, 3.8) is 0 Å². The molecule has 0 aliphatic rings. The molecule has 13 heavy (non-hydrogen) atoms. The highest BCUT2D eigenvalue weighted by Gasteiger charge is 1.96. The fourth-order valence-corrected chi connectivity index (χ4v) is 0.836. The molecule has 0 aromatic carbocycles. The Morgan fingerprint density at radius 3 is 2.62 bits per heavy atom. The molecule has 0 saturated heterocycles. The zero-order valence-electron chi connectivity index (χ0n) is 7.92. The largest absolute Gasteiger partial charge is 0.384 e. The fraction of sp³-hybridized carbons (Fsp3) is 0.333. The van der Waals surface area contributed by atoms with E-state index in [1.807, 2.05) is 13.8 Å². The van der Waals surface area contributed by atoms with Crippen LogP contribution in [0.4, 0.5) is 0 Å². The van der Waals surface area contributed by atoms with E-state index in [0.717, 1.165) is 5.57 Å². The van der Waals surface area contributed by atoms with Crippen molar-refractivity contribution < 1.29 is 4.79 Å². The third kappa shape index (κ3) is 4.79. The summed E-state index contributed by atoms with van der Waals surface area (Å²) < 4.78 is 0. The Balaban J connectivity index is 4.34. The minimum Gasteiger partial charge on any atom is -0.384 e. The van der Waals surface area contributed by atoms with Crippen molar-refractivity contribution in [2.45, 2.75) is 13.8 Å². The van der Waals surface area contributed by atoms with Gasteiger partial charge in [-0.25, -0.2) is 0 Å². The summed E-state index contributed by atoms with van der Waals surface area (Å²) in [5.41, 5.74) is 6.93. The van der Waals surface area contributed by atoms with Crippen molar-refractivity contribution in [1.29, 1.82) is 5.41 Å². The van der Waals surface area contributed by atoms with Crippen molar-refractivity contribution in [3.8, 4) is 0 Å². The highest BCUT2D eigenvalue weighted by Crippen LogP contribution is 2.00. The Morgan fingerprint density at radius 2 is 2.23 bits per heavy atom. The summed E-state index contributed by atoms with van der Waals surface area (Å²) in [6.07, 6.45) is 4.17. The van der Waals surface area contributed by atoms with Crippen LogP contribution in [0.2, 0.25) is 0 Å². The topological polar surface area (TPSA) is 79.0 Å². The number of nitrogens with one attached hydrogen (secondary N) is 2. The second-order valence-corrected chi connectivity index (χ2v) is 2.65. The van der Waals surface area contributed by atoms with E-state index in [2.05, 4.69) is 5.32 Å².